The minimum Gasteiger partial charge on any atom is -0.478 e. The number of halogens is 3. The lowest BCUT2D eigenvalue weighted by molar-refractivity contribution is -0.192. The summed E-state index contributed by atoms with van der Waals surface area (Å²) in [5, 5.41) is 16.6. The normalized spacial score (nSPS) is 17.1. The first-order valence-corrected chi connectivity index (χ1v) is 14.3. The molecule has 3 N–H and O–H groups in total. The molecular formula is C26H33F3N4O6S. The van der Waals surface area contributed by atoms with Gasteiger partial charge < -0.3 is 20.0 Å². The molecule has 0 bridgehead atoms. The van der Waals surface area contributed by atoms with E-state index in [9.17, 15) is 31.5 Å². The van der Waals surface area contributed by atoms with Gasteiger partial charge in [-0.3, -0.25) is 4.72 Å². The lowest BCUT2D eigenvalue weighted by Gasteiger charge is -2.40. The van der Waals surface area contributed by atoms with E-state index in [0.29, 0.717) is 11.9 Å². The third kappa shape index (κ3) is 8.07. The Labute approximate surface area is 230 Å². The molecule has 2 aliphatic rings. The summed E-state index contributed by atoms with van der Waals surface area (Å²) in [5.74, 6) is -3.43. The van der Waals surface area contributed by atoms with E-state index in [0.717, 1.165) is 50.1 Å². The Morgan fingerprint density at radius 1 is 0.975 bits per heavy atom. The Balaban J connectivity index is 0.000000559. The van der Waals surface area contributed by atoms with E-state index in [1.807, 2.05) is 13.8 Å². The predicted octanol–water partition coefficient (Wildman–Crippen LogP) is 4.29. The molecule has 10 nitrogen and oxygen atoms in total. The second-order valence-corrected chi connectivity index (χ2v) is 11.6. The van der Waals surface area contributed by atoms with Gasteiger partial charge in [0, 0.05) is 25.3 Å². The van der Waals surface area contributed by atoms with Crippen molar-refractivity contribution in [2.24, 2.45) is 0 Å². The molecule has 2 aromatic rings. The number of pyridine rings is 1. The van der Waals surface area contributed by atoms with Crippen LogP contribution in [-0.4, -0.2) is 78.9 Å². The van der Waals surface area contributed by atoms with Gasteiger partial charge in [-0.05, 0) is 81.9 Å². The highest BCUT2D eigenvalue weighted by Gasteiger charge is 2.38. The van der Waals surface area contributed by atoms with E-state index in [1.165, 1.54) is 31.5 Å². The van der Waals surface area contributed by atoms with Gasteiger partial charge >= 0.3 is 18.1 Å². The highest BCUT2D eigenvalue weighted by molar-refractivity contribution is 7.92. The van der Waals surface area contributed by atoms with Gasteiger partial charge in [0.2, 0.25) is 0 Å². The number of rotatable bonds is 6. The van der Waals surface area contributed by atoms with Crippen LogP contribution in [0.3, 0.4) is 0 Å². The zero-order chi connectivity index (χ0) is 29.7. The summed E-state index contributed by atoms with van der Waals surface area (Å²) in [5.41, 5.74) is 2.01. The lowest BCUT2D eigenvalue weighted by atomic mass is 10.00. The number of likely N-dealkylation sites (tertiary alicyclic amines) is 1. The van der Waals surface area contributed by atoms with Crippen molar-refractivity contribution in [3.8, 4) is 0 Å². The van der Waals surface area contributed by atoms with Crippen LogP contribution in [0.15, 0.2) is 35.4 Å². The van der Waals surface area contributed by atoms with Crippen LogP contribution in [0.2, 0.25) is 0 Å². The van der Waals surface area contributed by atoms with Crippen LogP contribution < -0.4 is 9.62 Å². The van der Waals surface area contributed by atoms with Gasteiger partial charge in [0.1, 0.15) is 0 Å². The zero-order valence-electron chi connectivity index (χ0n) is 22.2. The quantitative estimate of drug-likeness (QED) is 0.452. The van der Waals surface area contributed by atoms with Gasteiger partial charge in [-0.25, -0.2) is 23.0 Å². The number of hydrogen-bond donors (Lipinski definition) is 3. The molecule has 0 unspecified atom stereocenters. The van der Waals surface area contributed by atoms with Crippen molar-refractivity contribution in [1.82, 2.24) is 9.88 Å². The van der Waals surface area contributed by atoms with Crippen LogP contribution in [0.1, 0.15) is 53.6 Å². The first-order valence-electron chi connectivity index (χ1n) is 12.8. The van der Waals surface area contributed by atoms with Crippen molar-refractivity contribution in [2.75, 3.05) is 35.8 Å². The SMILES string of the molecule is Cc1ccc(S(=O)(=O)Nc2cc(C(=O)O)cnc2N2CCC(N3CCCCC3)CC2)cc1C.O=C(O)C(F)(F)F. The number of nitrogens with zero attached hydrogens (tertiary/aromatic N) is 3. The Morgan fingerprint density at radius 3 is 2.10 bits per heavy atom. The number of aliphatic carboxylic acids is 1. The molecule has 14 heteroatoms. The number of piperidine rings is 2. The number of sulfonamides is 1. The van der Waals surface area contributed by atoms with Crippen molar-refractivity contribution >= 4 is 33.5 Å². The van der Waals surface area contributed by atoms with Crippen LogP contribution in [0.4, 0.5) is 24.7 Å². The van der Waals surface area contributed by atoms with E-state index in [1.54, 1.807) is 18.2 Å². The van der Waals surface area contributed by atoms with Crippen molar-refractivity contribution in [1.29, 1.82) is 0 Å². The molecule has 4 rings (SSSR count). The van der Waals surface area contributed by atoms with Gasteiger partial charge in [0.05, 0.1) is 16.1 Å². The van der Waals surface area contributed by atoms with E-state index < -0.39 is 28.1 Å². The van der Waals surface area contributed by atoms with Crippen molar-refractivity contribution < 1.29 is 41.4 Å². The smallest absolute Gasteiger partial charge is 0.478 e. The molecule has 2 saturated heterocycles. The van der Waals surface area contributed by atoms with Crippen LogP contribution in [0.25, 0.3) is 0 Å². The third-order valence-electron chi connectivity index (χ3n) is 7.06. The summed E-state index contributed by atoms with van der Waals surface area (Å²) in [6.07, 6.45) is 1.98. The van der Waals surface area contributed by atoms with Crippen LogP contribution >= 0.6 is 0 Å². The maximum Gasteiger partial charge on any atom is 0.490 e. The van der Waals surface area contributed by atoms with Gasteiger partial charge in [-0.1, -0.05) is 12.5 Å². The number of anilines is 2. The van der Waals surface area contributed by atoms with Crippen molar-refractivity contribution in [2.45, 2.75) is 63.1 Å². The molecule has 0 amide bonds. The highest BCUT2D eigenvalue weighted by Crippen LogP contribution is 2.31. The summed E-state index contributed by atoms with van der Waals surface area (Å²) in [6, 6.07) is 6.84. The largest absolute Gasteiger partial charge is 0.490 e. The average Bonchev–Trinajstić information content (AvgIpc) is 2.90. The topological polar surface area (TPSA) is 140 Å². The van der Waals surface area contributed by atoms with E-state index in [4.69, 9.17) is 9.90 Å². The molecule has 0 radical (unpaired) electrons. The fourth-order valence-corrected chi connectivity index (χ4v) is 5.85. The summed E-state index contributed by atoms with van der Waals surface area (Å²) in [7, 11) is -3.90. The predicted molar refractivity (Wildman–Crippen MR) is 142 cm³/mol. The van der Waals surface area contributed by atoms with Crippen LogP contribution in [-0.2, 0) is 14.8 Å². The van der Waals surface area contributed by atoms with E-state index in [-0.39, 0.29) is 16.1 Å². The summed E-state index contributed by atoms with van der Waals surface area (Å²) in [4.78, 5) is 29.6. The molecule has 1 aromatic carbocycles. The monoisotopic (exact) mass is 586 g/mol. The highest BCUT2D eigenvalue weighted by atomic mass is 32.2. The zero-order valence-corrected chi connectivity index (χ0v) is 23.1. The number of nitrogens with one attached hydrogen (secondary N) is 1. The maximum absolute atomic E-state index is 13.1. The first kappa shape index (κ1) is 31.1. The number of carboxylic acids is 2. The number of carboxylic acid groups (broad SMARTS) is 2. The molecule has 2 fully saturated rings. The van der Waals surface area contributed by atoms with Crippen LogP contribution in [0, 0.1) is 13.8 Å². The molecule has 40 heavy (non-hydrogen) atoms. The molecule has 0 spiro atoms. The Bertz CT molecular complexity index is 1320. The Hall–Kier alpha value is -3.39. The number of aryl methyl sites for hydroxylation is 2. The summed E-state index contributed by atoms with van der Waals surface area (Å²) >= 11 is 0. The Kier molecular flexibility index (Phi) is 10.0. The summed E-state index contributed by atoms with van der Waals surface area (Å²) in [6.45, 7) is 7.58. The minimum absolute atomic E-state index is 0.0558. The molecule has 0 saturated carbocycles. The number of hydrogen-bond acceptors (Lipinski definition) is 7. The van der Waals surface area contributed by atoms with Gasteiger partial charge in [-0.15, -0.1) is 0 Å². The Morgan fingerprint density at radius 2 is 1.57 bits per heavy atom. The molecule has 0 atom stereocenters. The second-order valence-electron chi connectivity index (χ2n) is 9.87. The number of carbonyl (C=O) groups is 2. The molecule has 220 valence electrons. The summed E-state index contributed by atoms with van der Waals surface area (Å²) < 4.78 is 60.6. The lowest BCUT2D eigenvalue weighted by Crippen LogP contribution is -2.47. The maximum atomic E-state index is 13.1. The molecule has 2 aliphatic heterocycles. The third-order valence-corrected chi connectivity index (χ3v) is 8.42. The fraction of sp³-hybridized carbons (Fsp3) is 0.500. The van der Waals surface area contributed by atoms with E-state index in [2.05, 4.69) is 19.5 Å². The second kappa shape index (κ2) is 12.9. The van der Waals surface area contributed by atoms with Gasteiger partial charge in [-0.2, -0.15) is 13.2 Å². The molecular weight excluding hydrogens is 553 g/mol. The number of benzene rings is 1. The van der Waals surface area contributed by atoms with E-state index >= 15 is 0 Å². The molecule has 3 heterocycles. The fourth-order valence-electron chi connectivity index (χ4n) is 4.71. The molecule has 0 aliphatic carbocycles. The number of alkyl halides is 3. The minimum atomic E-state index is -5.08. The number of aromatic carboxylic acids is 1. The average molecular weight is 587 g/mol. The number of aromatic nitrogens is 1. The van der Waals surface area contributed by atoms with Crippen LogP contribution in [0.5, 0.6) is 0 Å². The van der Waals surface area contributed by atoms with Crippen molar-refractivity contribution in [3.05, 3.63) is 47.2 Å². The standard InChI is InChI=1S/C24H32N4O4S.C2HF3O2/c1-17-6-7-21(14-18(17)2)33(31,32)26-22-15-19(24(29)30)16-25-23(22)28-12-8-20(9-13-28)27-10-4-3-5-11-27;3-2(4,5)1(6)7/h6-7,14-16,20,26H,3-5,8-13H2,1-2H3,(H,29,30);(H,6,7). The first-order chi connectivity index (χ1) is 18.7. The van der Waals surface area contributed by atoms with Crippen molar-refractivity contribution in [3.63, 3.8) is 0 Å². The van der Waals surface area contributed by atoms with Gasteiger partial charge in [0.15, 0.2) is 5.82 Å². The van der Waals surface area contributed by atoms with Gasteiger partial charge in [0.25, 0.3) is 10.0 Å². The molecule has 1 aromatic heterocycles.